The van der Waals surface area contributed by atoms with Gasteiger partial charge in [-0.15, -0.1) is 0 Å². The molecule has 2 aliphatic rings. The summed E-state index contributed by atoms with van der Waals surface area (Å²) in [5.41, 5.74) is 2.19. The Morgan fingerprint density at radius 2 is 1.94 bits per heavy atom. The molecule has 0 saturated carbocycles. The fourth-order valence-corrected chi connectivity index (χ4v) is 4.38. The van der Waals surface area contributed by atoms with Crippen LogP contribution in [0.1, 0.15) is 31.2 Å². The van der Waals surface area contributed by atoms with E-state index in [-0.39, 0.29) is 29.2 Å². The summed E-state index contributed by atoms with van der Waals surface area (Å²) in [5, 5.41) is 6.46. The summed E-state index contributed by atoms with van der Waals surface area (Å²) in [6.45, 7) is 9.26. The first-order valence-electron chi connectivity index (χ1n) is 10.7. The van der Waals surface area contributed by atoms with E-state index >= 15 is 0 Å². The van der Waals surface area contributed by atoms with E-state index in [4.69, 9.17) is 9.15 Å². The number of fused-ring (bicyclic) bond motifs is 1. The van der Waals surface area contributed by atoms with Crippen LogP contribution >= 0.6 is 0 Å². The Kier molecular flexibility index (Phi) is 5.00. The zero-order valence-corrected chi connectivity index (χ0v) is 18.3. The average molecular weight is 439 g/mol. The van der Waals surface area contributed by atoms with Gasteiger partial charge in [-0.1, -0.05) is 13.8 Å². The van der Waals surface area contributed by atoms with E-state index in [1.807, 2.05) is 20.8 Å². The van der Waals surface area contributed by atoms with Gasteiger partial charge in [-0.25, -0.2) is 19.2 Å². The summed E-state index contributed by atoms with van der Waals surface area (Å²) in [6.07, 6.45) is 3.20. The lowest BCUT2D eigenvalue weighted by atomic mass is 9.78. The summed E-state index contributed by atoms with van der Waals surface area (Å²) in [7, 11) is 0. The lowest BCUT2D eigenvalue weighted by Crippen LogP contribution is -2.66. The molecule has 9 heteroatoms. The number of hydrogen-bond donors (Lipinski definition) is 2. The minimum Gasteiger partial charge on any atom is -0.459 e. The monoisotopic (exact) mass is 439 g/mol. The lowest BCUT2D eigenvalue weighted by molar-refractivity contribution is -0.127. The number of aryl methyl sites for hydroxylation is 1. The molecule has 3 aromatic rings. The van der Waals surface area contributed by atoms with Crippen molar-refractivity contribution < 1.29 is 18.3 Å². The first-order chi connectivity index (χ1) is 15.3. The van der Waals surface area contributed by atoms with Gasteiger partial charge >= 0.3 is 6.03 Å². The van der Waals surface area contributed by atoms with Crippen LogP contribution in [0.15, 0.2) is 35.0 Å². The van der Waals surface area contributed by atoms with Crippen molar-refractivity contribution in [2.24, 2.45) is 11.3 Å². The van der Waals surface area contributed by atoms with Crippen LogP contribution in [-0.2, 0) is 4.74 Å². The molecule has 2 aromatic heterocycles. The zero-order valence-electron chi connectivity index (χ0n) is 18.3. The maximum atomic E-state index is 13.7. The highest BCUT2D eigenvalue weighted by Crippen LogP contribution is 2.39. The van der Waals surface area contributed by atoms with Crippen LogP contribution in [0.3, 0.4) is 0 Å². The largest absolute Gasteiger partial charge is 0.459 e. The van der Waals surface area contributed by atoms with Gasteiger partial charge in [0.05, 0.1) is 42.8 Å². The Bertz CT molecular complexity index is 1150. The molecule has 1 atom stereocenters. The van der Waals surface area contributed by atoms with Gasteiger partial charge in [-0.05, 0) is 31.0 Å². The first kappa shape index (κ1) is 20.7. The second-order valence-electron chi connectivity index (χ2n) is 9.17. The summed E-state index contributed by atoms with van der Waals surface area (Å²) in [5.74, 6) is 1.00. The van der Waals surface area contributed by atoms with Crippen molar-refractivity contribution in [3.63, 3.8) is 0 Å². The zero-order chi connectivity index (χ0) is 22.5. The molecule has 168 valence electrons. The standard InChI is InChI=1S/C23H26FN5O3/c1-13(2)19(20-14(3)17-6-15(24)4-5-18(17)32-20)28-22(30)27-16-7-25-21(26-8-16)29-9-23(10-29)11-31-12-23/h4-8,13,19H,9-12H2,1-3H3,(H2,27,28,30). The lowest BCUT2D eigenvalue weighted by Gasteiger charge is -2.54. The predicted octanol–water partition coefficient (Wildman–Crippen LogP) is 4.03. The predicted molar refractivity (Wildman–Crippen MR) is 118 cm³/mol. The molecule has 2 fully saturated rings. The van der Waals surface area contributed by atoms with Crippen molar-refractivity contribution in [3.8, 4) is 0 Å². The second-order valence-corrected chi connectivity index (χ2v) is 9.17. The molecule has 0 bridgehead atoms. The van der Waals surface area contributed by atoms with E-state index in [0.717, 1.165) is 31.9 Å². The van der Waals surface area contributed by atoms with Crippen LogP contribution in [0.2, 0.25) is 0 Å². The fraction of sp³-hybridized carbons (Fsp3) is 0.435. The van der Waals surface area contributed by atoms with Gasteiger partial charge in [0.15, 0.2) is 0 Å². The molecule has 32 heavy (non-hydrogen) atoms. The normalized spacial score (nSPS) is 17.8. The molecule has 2 amide bonds. The summed E-state index contributed by atoms with van der Waals surface area (Å²) < 4.78 is 24.9. The molecule has 1 aromatic carbocycles. The summed E-state index contributed by atoms with van der Waals surface area (Å²) in [6, 6.07) is 3.65. The smallest absolute Gasteiger partial charge is 0.319 e. The highest BCUT2D eigenvalue weighted by Gasteiger charge is 2.49. The highest BCUT2D eigenvalue weighted by atomic mass is 19.1. The Balaban J connectivity index is 1.25. The molecule has 1 spiro atoms. The number of urea groups is 1. The number of halogens is 1. The average Bonchev–Trinajstić information content (AvgIpc) is 3.01. The summed E-state index contributed by atoms with van der Waals surface area (Å²) in [4.78, 5) is 23.6. The van der Waals surface area contributed by atoms with E-state index < -0.39 is 0 Å². The molecular weight excluding hydrogens is 413 g/mol. The molecular formula is C23H26FN5O3. The summed E-state index contributed by atoms with van der Waals surface area (Å²) >= 11 is 0. The van der Waals surface area contributed by atoms with Crippen LogP contribution < -0.4 is 15.5 Å². The second kappa shape index (κ2) is 7.74. The van der Waals surface area contributed by atoms with Gasteiger partial charge in [0.2, 0.25) is 5.95 Å². The number of carbonyl (C=O) groups excluding carboxylic acids is 1. The molecule has 2 saturated heterocycles. The Morgan fingerprint density at radius 3 is 2.56 bits per heavy atom. The number of benzene rings is 1. The van der Waals surface area contributed by atoms with Gasteiger partial charge in [0, 0.05) is 24.0 Å². The van der Waals surface area contributed by atoms with Gasteiger partial charge in [-0.2, -0.15) is 0 Å². The number of furan rings is 1. The topological polar surface area (TPSA) is 92.5 Å². The Morgan fingerprint density at radius 1 is 1.22 bits per heavy atom. The Hall–Kier alpha value is -3.20. The van der Waals surface area contributed by atoms with Crippen LogP contribution in [0.25, 0.3) is 11.0 Å². The van der Waals surface area contributed by atoms with Gasteiger partial charge < -0.3 is 24.7 Å². The molecule has 4 heterocycles. The Labute approximate surface area is 185 Å². The number of amides is 2. The number of rotatable bonds is 5. The van der Waals surface area contributed by atoms with Crippen molar-refractivity contribution in [3.05, 3.63) is 47.7 Å². The third kappa shape index (κ3) is 3.66. The number of nitrogens with one attached hydrogen (secondary N) is 2. The fourth-order valence-electron chi connectivity index (χ4n) is 4.38. The van der Waals surface area contributed by atoms with Gasteiger partial charge in [0.25, 0.3) is 0 Å². The minimum atomic E-state index is -0.388. The van der Waals surface area contributed by atoms with E-state index in [2.05, 4.69) is 25.5 Å². The van der Waals surface area contributed by atoms with Gasteiger partial charge in [0.1, 0.15) is 17.2 Å². The molecule has 0 aliphatic carbocycles. The number of ether oxygens (including phenoxy) is 1. The van der Waals surface area contributed by atoms with Crippen molar-refractivity contribution in [1.29, 1.82) is 0 Å². The van der Waals surface area contributed by atoms with Crippen molar-refractivity contribution in [2.75, 3.05) is 36.5 Å². The third-order valence-electron chi connectivity index (χ3n) is 6.22. The molecule has 5 rings (SSSR count). The molecule has 2 N–H and O–H groups in total. The van der Waals surface area contributed by atoms with E-state index in [0.29, 0.717) is 28.4 Å². The molecule has 8 nitrogen and oxygen atoms in total. The van der Waals surface area contributed by atoms with Gasteiger partial charge in [-0.3, -0.25) is 0 Å². The maximum Gasteiger partial charge on any atom is 0.319 e. The molecule has 1 unspecified atom stereocenters. The maximum absolute atomic E-state index is 13.7. The van der Waals surface area contributed by atoms with E-state index in [1.54, 1.807) is 18.5 Å². The van der Waals surface area contributed by atoms with E-state index in [9.17, 15) is 9.18 Å². The SMILES string of the molecule is Cc1c(C(NC(=O)Nc2cnc(N3CC4(COC4)C3)nc2)C(C)C)oc2ccc(F)cc12. The highest BCUT2D eigenvalue weighted by molar-refractivity contribution is 5.89. The quantitative estimate of drug-likeness (QED) is 0.624. The van der Waals surface area contributed by atoms with Crippen LogP contribution in [0, 0.1) is 24.1 Å². The van der Waals surface area contributed by atoms with Crippen LogP contribution in [0.5, 0.6) is 0 Å². The van der Waals surface area contributed by atoms with Crippen LogP contribution in [0.4, 0.5) is 20.8 Å². The number of nitrogens with zero attached hydrogens (tertiary/aromatic N) is 3. The van der Waals surface area contributed by atoms with Crippen molar-refractivity contribution in [2.45, 2.75) is 26.8 Å². The number of aromatic nitrogens is 2. The first-order valence-corrected chi connectivity index (χ1v) is 10.7. The molecule has 2 aliphatic heterocycles. The van der Waals surface area contributed by atoms with Crippen LogP contribution in [-0.4, -0.2) is 42.3 Å². The van der Waals surface area contributed by atoms with E-state index in [1.165, 1.54) is 12.1 Å². The number of anilines is 2. The third-order valence-corrected chi connectivity index (χ3v) is 6.22. The molecule has 0 radical (unpaired) electrons. The minimum absolute atomic E-state index is 0.0534. The number of hydrogen-bond acceptors (Lipinski definition) is 6. The van der Waals surface area contributed by atoms with Crippen molar-refractivity contribution in [1.82, 2.24) is 15.3 Å². The number of carbonyl (C=O) groups is 1. The van der Waals surface area contributed by atoms with Crippen molar-refractivity contribution >= 4 is 28.6 Å².